The maximum absolute atomic E-state index is 6.04. The number of hydrogen-bond donors (Lipinski definition) is 1. The molecule has 1 unspecified atom stereocenters. The molecule has 106 valence electrons. The number of rotatable bonds is 5. The fourth-order valence-electron chi connectivity index (χ4n) is 3.30. The second kappa shape index (κ2) is 7.01. The molecule has 0 amide bonds. The summed E-state index contributed by atoms with van der Waals surface area (Å²) in [5.74, 6) is 1.67. The Morgan fingerprint density at radius 2 is 2.11 bits per heavy atom. The van der Waals surface area contributed by atoms with E-state index in [0.29, 0.717) is 6.04 Å². The number of pyridine rings is 1. The average Bonchev–Trinajstić information content (AvgIpc) is 2.43. The van der Waals surface area contributed by atoms with Crippen molar-refractivity contribution in [2.24, 2.45) is 17.6 Å². The molecule has 3 nitrogen and oxygen atoms in total. The van der Waals surface area contributed by atoms with Crippen LogP contribution in [0.5, 0.6) is 0 Å². The maximum atomic E-state index is 6.04. The molecule has 19 heavy (non-hydrogen) atoms. The van der Waals surface area contributed by atoms with E-state index < -0.39 is 0 Å². The lowest BCUT2D eigenvalue weighted by Crippen LogP contribution is -2.44. The lowest BCUT2D eigenvalue weighted by Gasteiger charge is -2.37. The molecule has 1 aliphatic rings. The van der Waals surface area contributed by atoms with E-state index in [1.807, 2.05) is 18.5 Å². The predicted octanol–water partition coefficient (Wildman–Crippen LogP) is 2.67. The van der Waals surface area contributed by atoms with Gasteiger partial charge < -0.3 is 5.73 Å². The Morgan fingerprint density at radius 1 is 1.37 bits per heavy atom. The maximum Gasteiger partial charge on any atom is 0.0312 e. The number of hydrogen-bond acceptors (Lipinski definition) is 3. The van der Waals surface area contributed by atoms with E-state index in [2.05, 4.69) is 29.9 Å². The topological polar surface area (TPSA) is 42.1 Å². The fourth-order valence-corrected chi connectivity index (χ4v) is 3.30. The third-order valence-corrected chi connectivity index (χ3v) is 4.57. The molecule has 1 atom stereocenters. The Balaban J connectivity index is 1.93. The summed E-state index contributed by atoms with van der Waals surface area (Å²) in [6.07, 6.45) is 9.17. The van der Waals surface area contributed by atoms with Crippen LogP contribution in [0.15, 0.2) is 24.5 Å². The fraction of sp³-hybridized carbons (Fsp3) is 0.688. The Kier molecular flexibility index (Phi) is 5.34. The monoisotopic (exact) mass is 261 g/mol. The van der Waals surface area contributed by atoms with Crippen molar-refractivity contribution < 1.29 is 0 Å². The first-order valence-corrected chi connectivity index (χ1v) is 7.50. The van der Waals surface area contributed by atoms with Crippen LogP contribution in [0.2, 0.25) is 0 Å². The summed E-state index contributed by atoms with van der Waals surface area (Å²) in [7, 11) is 2.20. The van der Waals surface area contributed by atoms with Crippen LogP contribution in [-0.4, -0.2) is 29.5 Å². The molecule has 2 rings (SSSR count). The van der Waals surface area contributed by atoms with Crippen molar-refractivity contribution >= 4 is 0 Å². The normalized spacial score (nSPS) is 25.5. The summed E-state index contributed by atoms with van der Waals surface area (Å²) in [6, 6.07) is 4.65. The molecule has 1 fully saturated rings. The Bertz CT molecular complexity index is 358. The van der Waals surface area contributed by atoms with Crippen LogP contribution in [0, 0.1) is 11.8 Å². The third kappa shape index (κ3) is 4.02. The molecule has 1 aromatic rings. The Hall–Kier alpha value is -0.930. The summed E-state index contributed by atoms with van der Waals surface area (Å²) in [5.41, 5.74) is 7.31. The smallest absolute Gasteiger partial charge is 0.0312 e. The van der Waals surface area contributed by atoms with Gasteiger partial charge in [-0.05, 0) is 43.4 Å². The molecule has 3 heteroatoms. The van der Waals surface area contributed by atoms with Crippen LogP contribution < -0.4 is 5.73 Å². The predicted molar refractivity (Wildman–Crippen MR) is 79.7 cm³/mol. The highest BCUT2D eigenvalue weighted by molar-refractivity contribution is 5.08. The van der Waals surface area contributed by atoms with Gasteiger partial charge in [-0.3, -0.25) is 9.88 Å². The number of likely N-dealkylation sites (N-methyl/N-ethyl adjacent to an activating group) is 1. The zero-order valence-corrected chi connectivity index (χ0v) is 12.3. The molecular formula is C16H27N3. The first-order chi connectivity index (χ1) is 9.20. The molecule has 0 bridgehead atoms. The molecule has 0 aromatic carbocycles. The van der Waals surface area contributed by atoms with Gasteiger partial charge in [0.2, 0.25) is 0 Å². The van der Waals surface area contributed by atoms with Crippen molar-refractivity contribution in [1.82, 2.24) is 9.88 Å². The minimum absolute atomic E-state index is 0.507. The molecule has 2 N–H and O–H groups in total. The van der Waals surface area contributed by atoms with Gasteiger partial charge in [0.1, 0.15) is 0 Å². The van der Waals surface area contributed by atoms with Gasteiger partial charge in [0.15, 0.2) is 0 Å². The minimum Gasteiger partial charge on any atom is -0.329 e. The zero-order chi connectivity index (χ0) is 13.7. The van der Waals surface area contributed by atoms with Crippen molar-refractivity contribution in [3.8, 4) is 0 Å². The number of aromatic nitrogens is 1. The van der Waals surface area contributed by atoms with E-state index in [4.69, 9.17) is 5.73 Å². The van der Waals surface area contributed by atoms with Crippen LogP contribution in [0.4, 0.5) is 0 Å². The minimum atomic E-state index is 0.507. The summed E-state index contributed by atoms with van der Waals surface area (Å²) in [4.78, 5) is 6.60. The van der Waals surface area contributed by atoms with Crippen molar-refractivity contribution in [3.05, 3.63) is 30.1 Å². The summed E-state index contributed by atoms with van der Waals surface area (Å²) in [5, 5.41) is 0. The molecule has 0 saturated heterocycles. The molecular weight excluding hydrogens is 234 g/mol. The van der Waals surface area contributed by atoms with Gasteiger partial charge in [0.25, 0.3) is 0 Å². The highest BCUT2D eigenvalue weighted by atomic mass is 15.1. The van der Waals surface area contributed by atoms with Crippen molar-refractivity contribution in [1.29, 1.82) is 0 Å². The second-order valence-corrected chi connectivity index (χ2v) is 6.10. The SMILES string of the molecule is CC1CCC(C(CN)N(C)Cc2cccnc2)CC1. The zero-order valence-electron chi connectivity index (χ0n) is 12.3. The van der Waals surface area contributed by atoms with Crippen LogP contribution >= 0.6 is 0 Å². The standard InChI is InChI=1S/C16H27N3/c1-13-5-7-15(8-6-13)16(10-17)19(2)12-14-4-3-9-18-11-14/h3-4,9,11,13,15-16H,5-8,10,12,17H2,1-2H3. The van der Waals surface area contributed by atoms with Crippen LogP contribution in [0.3, 0.4) is 0 Å². The summed E-state index contributed by atoms with van der Waals surface area (Å²) < 4.78 is 0. The third-order valence-electron chi connectivity index (χ3n) is 4.57. The van der Waals surface area contributed by atoms with Crippen molar-refractivity contribution in [3.63, 3.8) is 0 Å². The molecule has 1 aliphatic carbocycles. The van der Waals surface area contributed by atoms with Gasteiger partial charge in [-0.15, -0.1) is 0 Å². The van der Waals surface area contributed by atoms with Gasteiger partial charge in [0.05, 0.1) is 0 Å². The van der Waals surface area contributed by atoms with E-state index in [1.165, 1.54) is 31.2 Å². The second-order valence-electron chi connectivity index (χ2n) is 6.10. The lowest BCUT2D eigenvalue weighted by atomic mass is 9.79. The van der Waals surface area contributed by atoms with Gasteiger partial charge in [-0.25, -0.2) is 0 Å². The summed E-state index contributed by atoms with van der Waals surface area (Å²) in [6.45, 7) is 4.07. The van der Waals surface area contributed by atoms with Crippen molar-refractivity contribution in [2.45, 2.75) is 45.2 Å². The highest BCUT2D eigenvalue weighted by Crippen LogP contribution is 2.32. The first kappa shape index (κ1) is 14.5. The van der Waals surface area contributed by atoms with Gasteiger partial charge in [-0.2, -0.15) is 0 Å². The number of nitrogens with zero attached hydrogens (tertiary/aromatic N) is 2. The molecule has 0 aliphatic heterocycles. The van der Waals surface area contributed by atoms with Crippen LogP contribution in [0.1, 0.15) is 38.2 Å². The van der Waals surface area contributed by atoms with E-state index >= 15 is 0 Å². The molecule has 1 aromatic heterocycles. The van der Waals surface area contributed by atoms with Crippen LogP contribution in [-0.2, 0) is 6.54 Å². The average molecular weight is 261 g/mol. The lowest BCUT2D eigenvalue weighted by molar-refractivity contribution is 0.130. The van der Waals surface area contributed by atoms with Gasteiger partial charge in [-0.1, -0.05) is 25.8 Å². The largest absolute Gasteiger partial charge is 0.329 e. The number of nitrogens with two attached hydrogens (primary N) is 1. The summed E-state index contributed by atoms with van der Waals surface area (Å²) >= 11 is 0. The van der Waals surface area contributed by atoms with E-state index in [-0.39, 0.29) is 0 Å². The first-order valence-electron chi connectivity index (χ1n) is 7.50. The van der Waals surface area contributed by atoms with E-state index in [9.17, 15) is 0 Å². The Labute approximate surface area is 117 Å². The Morgan fingerprint density at radius 3 is 2.68 bits per heavy atom. The van der Waals surface area contributed by atoms with E-state index in [1.54, 1.807) is 0 Å². The molecule has 1 saturated carbocycles. The van der Waals surface area contributed by atoms with Gasteiger partial charge >= 0.3 is 0 Å². The van der Waals surface area contributed by atoms with Crippen molar-refractivity contribution in [2.75, 3.05) is 13.6 Å². The van der Waals surface area contributed by atoms with Crippen LogP contribution in [0.25, 0.3) is 0 Å². The highest BCUT2D eigenvalue weighted by Gasteiger charge is 2.27. The quantitative estimate of drug-likeness (QED) is 0.886. The molecule has 0 spiro atoms. The van der Waals surface area contributed by atoms with E-state index in [0.717, 1.165) is 24.9 Å². The van der Waals surface area contributed by atoms with Gasteiger partial charge in [0, 0.05) is 31.5 Å². The molecule has 0 radical (unpaired) electrons. The molecule has 1 heterocycles.